The minimum atomic E-state index is -4.65. The molecule has 0 N–H and O–H groups in total. The van der Waals surface area contributed by atoms with Gasteiger partial charge in [-0.2, -0.15) is 8.78 Å². The molecule has 0 saturated carbocycles. The number of rotatable bonds is 8. The molecule has 4 aromatic rings. The predicted molar refractivity (Wildman–Crippen MR) is 143 cm³/mol. The van der Waals surface area contributed by atoms with E-state index < -0.39 is 51.5 Å². The zero-order valence-electron chi connectivity index (χ0n) is 21.6. The van der Waals surface area contributed by atoms with Crippen molar-refractivity contribution in [3.05, 3.63) is 123 Å². The van der Waals surface area contributed by atoms with Crippen molar-refractivity contribution in [3.63, 3.8) is 0 Å². The number of ether oxygens (including phenoxy) is 1. The summed E-state index contributed by atoms with van der Waals surface area (Å²) in [5.74, 6) is -2.70. The van der Waals surface area contributed by atoms with Gasteiger partial charge >= 0.3 is 6.11 Å². The van der Waals surface area contributed by atoms with Crippen LogP contribution in [-0.2, 0) is 12.5 Å². The van der Waals surface area contributed by atoms with E-state index in [1.165, 1.54) is 17.7 Å². The third kappa shape index (κ3) is 7.22. The maximum Gasteiger partial charge on any atom is 0.432 e. The van der Waals surface area contributed by atoms with Crippen molar-refractivity contribution in [1.29, 1.82) is 0 Å². The standard InChI is InChI=1S/C32H22ClF7O/c1-2-3-4-5-19-6-8-20(9-7-19)10-11-21-12-13-24(26(34)14-21)22-15-27(35)30(28(36)16-22)32(39,40)41-23-17-25(33)31(38)29(37)18-23/h6-9,12-18H,2-5H2,1H3. The zero-order valence-corrected chi connectivity index (χ0v) is 22.4. The number of hydrogen-bond donors (Lipinski definition) is 0. The lowest BCUT2D eigenvalue weighted by atomic mass is 10.00. The van der Waals surface area contributed by atoms with Gasteiger partial charge in [-0.1, -0.05) is 61.4 Å². The average molecular weight is 591 g/mol. The Morgan fingerprint density at radius 1 is 0.732 bits per heavy atom. The summed E-state index contributed by atoms with van der Waals surface area (Å²) in [7, 11) is 0. The van der Waals surface area contributed by atoms with E-state index in [4.69, 9.17) is 11.6 Å². The van der Waals surface area contributed by atoms with Crippen LogP contribution in [0.25, 0.3) is 11.1 Å². The summed E-state index contributed by atoms with van der Waals surface area (Å²) in [6, 6.07) is 13.2. The van der Waals surface area contributed by atoms with E-state index in [1.54, 1.807) is 0 Å². The molecule has 4 rings (SSSR count). The summed E-state index contributed by atoms with van der Waals surface area (Å²) in [6.45, 7) is 2.14. The Labute approximate surface area is 237 Å². The molecule has 0 fully saturated rings. The normalized spacial score (nSPS) is 11.2. The molecule has 0 bridgehead atoms. The minimum Gasteiger partial charge on any atom is -0.429 e. The van der Waals surface area contributed by atoms with E-state index in [0.29, 0.717) is 23.8 Å². The zero-order chi connectivity index (χ0) is 29.7. The van der Waals surface area contributed by atoms with E-state index >= 15 is 0 Å². The van der Waals surface area contributed by atoms with E-state index in [0.717, 1.165) is 37.3 Å². The van der Waals surface area contributed by atoms with Crippen molar-refractivity contribution in [2.24, 2.45) is 0 Å². The Hall–Kier alpha value is -3.96. The Bertz CT molecular complexity index is 1580. The monoisotopic (exact) mass is 590 g/mol. The Balaban J connectivity index is 1.54. The summed E-state index contributed by atoms with van der Waals surface area (Å²) in [4.78, 5) is 0. The van der Waals surface area contributed by atoms with E-state index in [-0.39, 0.29) is 17.2 Å². The SMILES string of the molecule is CCCCCc1ccc(C#Cc2ccc(-c3cc(F)c(C(F)(F)Oc4cc(F)c(F)c(Cl)c4)c(F)c3)c(F)c2)cc1. The first-order valence-corrected chi connectivity index (χ1v) is 13.0. The molecule has 9 heteroatoms. The molecule has 41 heavy (non-hydrogen) atoms. The van der Waals surface area contributed by atoms with E-state index in [2.05, 4.69) is 23.5 Å². The molecule has 4 aromatic carbocycles. The van der Waals surface area contributed by atoms with Crippen LogP contribution < -0.4 is 4.74 Å². The molecule has 0 radical (unpaired) electrons. The Morgan fingerprint density at radius 3 is 1.98 bits per heavy atom. The number of hydrogen-bond acceptors (Lipinski definition) is 1. The summed E-state index contributed by atoms with van der Waals surface area (Å²) in [6.07, 6.45) is -0.275. The summed E-state index contributed by atoms with van der Waals surface area (Å²) in [5, 5.41) is -0.869. The topological polar surface area (TPSA) is 9.23 Å². The third-order valence-corrected chi connectivity index (χ3v) is 6.47. The molecule has 0 aliphatic heterocycles. The first kappa shape index (κ1) is 30.0. The highest BCUT2D eigenvalue weighted by Gasteiger charge is 2.41. The Morgan fingerprint density at radius 2 is 1.37 bits per heavy atom. The van der Waals surface area contributed by atoms with Crippen LogP contribution in [0.5, 0.6) is 5.75 Å². The van der Waals surface area contributed by atoms with Gasteiger partial charge in [0.05, 0.1) is 5.02 Å². The lowest BCUT2D eigenvalue weighted by Crippen LogP contribution is -2.25. The maximum absolute atomic E-state index is 14.9. The molecule has 0 unspecified atom stereocenters. The highest BCUT2D eigenvalue weighted by molar-refractivity contribution is 6.30. The largest absolute Gasteiger partial charge is 0.432 e. The van der Waals surface area contributed by atoms with Crippen molar-refractivity contribution in [2.75, 3.05) is 0 Å². The van der Waals surface area contributed by atoms with Gasteiger partial charge in [0.2, 0.25) is 0 Å². The van der Waals surface area contributed by atoms with Gasteiger partial charge in [0, 0.05) is 28.8 Å². The number of benzene rings is 4. The molecule has 1 nitrogen and oxygen atoms in total. The molecule has 0 amide bonds. The van der Waals surface area contributed by atoms with Gasteiger partial charge in [-0.05, 0) is 60.4 Å². The van der Waals surface area contributed by atoms with Crippen molar-refractivity contribution >= 4 is 11.6 Å². The first-order valence-electron chi connectivity index (χ1n) is 12.6. The summed E-state index contributed by atoms with van der Waals surface area (Å²) < 4.78 is 105. The van der Waals surface area contributed by atoms with Crippen LogP contribution in [0, 0.1) is 40.9 Å². The highest BCUT2D eigenvalue weighted by atomic mass is 35.5. The van der Waals surface area contributed by atoms with Gasteiger partial charge in [-0.15, -0.1) is 0 Å². The minimum absolute atomic E-state index is 0.253. The van der Waals surface area contributed by atoms with Gasteiger partial charge in [0.25, 0.3) is 0 Å². The lowest BCUT2D eigenvalue weighted by Gasteiger charge is -2.20. The summed E-state index contributed by atoms with van der Waals surface area (Å²) in [5.41, 5.74) is -0.202. The lowest BCUT2D eigenvalue weighted by molar-refractivity contribution is -0.189. The van der Waals surface area contributed by atoms with Gasteiger partial charge < -0.3 is 4.74 Å². The molecule has 0 atom stereocenters. The number of unbranched alkanes of at least 4 members (excludes halogenated alkanes) is 2. The van der Waals surface area contributed by atoms with Gasteiger partial charge in [-0.3, -0.25) is 0 Å². The van der Waals surface area contributed by atoms with Crippen LogP contribution in [0.15, 0.2) is 66.7 Å². The van der Waals surface area contributed by atoms with E-state index in [1.807, 2.05) is 24.3 Å². The Kier molecular flexibility index (Phi) is 9.29. The van der Waals surface area contributed by atoms with E-state index in [9.17, 15) is 30.7 Å². The van der Waals surface area contributed by atoms with Crippen molar-refractivity contribution in [3.8, 4) is 28.7 Å². The van der Waals surface area contributed by atoms with Crippen LogP contribution in [0.3, 0.4) is 0 Å². The molecular weight excluding hydrogens is 569 g/mol. The van der Waals surface area contributed by atoms with Crippen molar-refractivity contribution in [1.82, 2.24) is 0 Å². The second kappa shape index (κ2) is 12.7. The second-order valence-electron chi connectivity index (χ2n) is 9.23. The van der Waals surface area contributed by atoms with Crippen LogP contribution in [-0.4, -0.2) is 0 Å². The number of halogens is 8. The van der Waals surface area contributed by atoms with Gasteiger partial charge in [0.15, 0.2) is 11.6 Å². The molecule has 212 valence electrons. The average Bonchev–Trinajstić information content (AvgIpc) is 2.90. The second-order valence-corrected chi connectivity index (χ2v) is 9.64. The van der Waals surface area contributed by atoms with Crippen LogP contribution in [0.1, 0.15) is 48.4 Å². The maximum atomic E-state index is 14.9. The fourth-order valence-corrected chi connectivity index (χ4v) is 4.30. The molecule has 0 heterocycles. The molecule has 0 saturated heterocycles. The fraction of sp³-hybridized carbons (Fsp3) is 0.188. The van der Waals surface area contributed by atoms with Crippen molar-refractivity contribution in [2.45, 2.75) is 38.7 Å². The van der Waals surface area contributed by atoms with Crippen molar-refractivity contribution < 1.29 is 35.5 Å². The third-order valence-electron chi connectivity index (χ3n) is 6.19. The van der Waals surface area contributed by atoms with Crippen LogP contribution in [0.2, 0.25) is 5.02 Å². The fourth-order valence-electron chi connectivity index (χ4n) is 4.10. The van der Waals surface area contributed by atoms with Crippen LogP contribution in [0.4, 0.5) is 30.7 Å². The molecule has 0 aliphatic carbocycles. The number of aryl methyl sites for hydroxylation is 1. The molecule has 0 aromatic heterocycles. The smallest absolute Gasteiger partial charge is 0.429 e. The van der Waals surface area contributed by atoms with Gasteiger partial charge in [-0.25, -0.2) is 22.0 Å². The quantitative estimate of drug-likeness (QED) is 0.0859. The van der Waals surface area contributed by atoms with Crippen LogP contribution >= 0.6 is 11.6 Å². The van der Waals surface area contributed by atoms with Gasteiger partial charge in [0.1, 0.15) is 28.8 Å². The molecular formula is C32H22ClF7O. The molecule has 0 spiro atoms. The first-order chi connectivity index (χ1) is 19.5. The number of alkyl halides is 2. The highest BCUT2D eigenvalue weighted by Crippen LogP contribution is 2.38. The predicted octanol–water partition coefficient (Wildman–Crippen LogP) is 9.96. The summed E-state index contributed by atoms with van der Waals surface area (Å²) >= 11 is 5.41. The molecule has 0 aliphatic rings.